The molecule has 1 aliphatic rings. The molecule has 7 heteroatoms. The average molecular weight is 259 g/mol. The van der Waals surface area contributed by atoms with Crippen molar-refractivity contribution in [3.05, 3.63) is 0 Å². The number of methoxy groups -OCH3 is 2. The van der Waals surface area contributed by atoms with E-state index in [1.165, 1.54) is 14.2 Å². The molecule has 0 aromatic heterocycles. The van der Waals surface area contributed by atoms with Gasteiger partial charge in [0.2, 0.25) is 11.8 Å². The zero-order valence-electron chi connectivity index (χ0n) is 10.9. The molecule has 104 valence electrons. The van der Waals surface area contributed by atoms with E-state index in [-0.39, 0.29) is 25.0 Å². The zero-order chi connectivity index (χ0) is 13.5. The molecule has 0 aromatic carbocycles. The number of amides is 2. The van der Waals surface area contributed by atoms with Crippen LogP contribution in [0.15, 0.2) is 0 Å². The van der Waals surface area contributed by atoms with Crippen LogP contribution in [-0.2, 0) is 19.1 Å². The van der Waals surface area contributed by atoms with Gasteiger partial charge in [-0.2, -0.15) is 0 Å². The monoisotopic (exact) mass is 259 g/mol. The van der Waals surface area contributed by atoms with E-state index in [2.05, 4.69) is 0 Å². The summed E-state index contributed by atoms with van der Waals surface area (Å²) in [5.41, 5.74) is 5.68. The van der Waals surface area contributed by atoms with Crippen LogP contribution in [0.3, 0.4) is 0 Å². The third kappa shape index (κ3) is 3.94. The summed E-state index contributed by atoms with van der Waals surface area (Å²) in [5, 5.41) is 0. The molecular weight excluding hydrogens is 238 g/mol. The number of nitrogens with zero attached hydrogens (tertiary/aromatic N) is 2. The predicted molar refractivity (Wildman–Crippen MR) is 64.9 cm³/mol. The molecule has 1 saturated heterocycles. The molecule has 2 N–H and O–H groups in total. The number of nitrogens with two attached hydrogens (primary N) is 1. The van der Waals surface area contributed by atoms with Crippen LogP contribution in [0, 0.1) is 0 Å². The van der Waals surface area contributed by atoms with Crippen molar-refractivity contribution in [3.8, 4) is 0 Å². The number of hydrogen-bond acceptors (Lipinski definition) is 5. The van der Waals surface area contributed by atoms with Gasteiger partial charge in [-0.15, -0.1) is 0 Å². The Morgan fingerprint density at radius 1 is 1.11 bits per heavy atom. The summed E-state index contributed by atoms with van der Waals surface area (Å²) in [7, 11) is 3.00. The fraction of sp³-hybridized carbons (Fsp3) is 0.818. The van der Waals surface area contributed by atoms with E-state index >= 15 is 0 Å². The van der Waals surface area contributed by atoms with Gasteiger partial charge in [0.25, 0.3) is 0 Å². The number of hydrogen-bond donors (Lipinski definition) is 1. The quantitative estimate of drug-likeness (QED) is 0.634. The van der Waals surface area contributed by atoms with Crippen molar-refractivity contribution in [2.24, 2.45) is 5.73 Å². The molecule has 1 aliphatic heterocycles. The van der Waals surface area contributed by atoms with Crippen molar-refractivity contribution in [2.45, 2.75) is 6.04 Å². The molecule has 7 nitrogen and oxygen atoms in total. The Balaban J connectivity index is 2.39. The van der Waals surface area contributed by atoms with Crippen LogP contribution in [0.25, 0.3) is 0 Å². The molecule has 0 radical (unpaired) electrons. The Bertz CT molecular complexity index is 290. The molecule has 2 amide bonds. The molecule has 1 heterocycles. The van der Waals surface area contributed by atoms with Crippen LogP contribution in [0.5, 0.6) is 0 Å². The van der Waals surface area contributed by atoms with Gasteiger partial charge >= 0.3 is 0 Å². The highest BCUT2D eigenvalue weighted by Crippen LogP contribution is 2.04. The number of rotatable bonds is 5. The second-order valence-electron chi connectivity index (χ2n) is 4.20. The lowest BCUT2D eigenvalue weighted by atomic mass is 10.2. The van der Waals surface area contributed by atoms with Crippen molar-refractivity contribution >= 4 is 11.8 Å². The van der Waals surface area contributed by atoms with Crippen molar-refractivity contribution < 1.29 is 19.1 Å². The van der Waals surface area contributed by atoms with Gasteiger partial charge in [-0.25, -0.2) is 0 Å². The Kier molecular flexibility index (Phi) is 6.03. The average Bonchev–Trinajstić information content (AvgIpc) is 2.38. The van der Waals surface area contributed by atoms with Crippen LogP contribution in [0.4, 0.5) is 0 Å². The van der Waals surface area contributed by atoms with Gasteiger partial charge in [0.15, 0.2) is 0 Å². The van der Waals surface area contributed by atoms with E-state index in [0.29, 0.717) is 26.2 Å². The highest BCUT2D eigenvalue weighted by Gasteiger charge is 2.26. The molecule has 1 fully saturated rings. The van der Waals surface area contributed by atoms with Crippen LogP contribution in [-0.4, -0.2) is 81.3 Å². The van der Waals surface area contributed by atoms with Crippen LogP contribution >= 0.6 is 0 Å². The zero-order valence-corrected chi connectivity index (χ0v) is 10.9. The molecule has 0 bridgehead atoms. The summed E-state index contributed by atoms with van der Waals surface area (Å²) in [6.45, 7) is 2.34. The molecule has 0 aliphatic carbocycles. The van der Waals surface area contributed by atoms with Gasteiger partial charge in [0.1, 0.15) is 12.6 Å². The van der Waals surface area contributed by atoms with Crippen molar-refractivity contribution in [2.75, 3.05) is 53.6 Å². The Morgan fingerprint density at radius 2 is 1.67 bits per heavy atom. The first-order valence-electron chi connectivity index (χ1n) is 5.90. The summed E-state index contributed by atoms with van der Waals surface area (Å²) < 4.78 is 9.65. The van der Waals surface area contributed by atoms with Crippen molar-refractivity contribution in [1.82, 2.24) is 9.80 Å². The van der Waals surface area contributed by atoms with E-state index in [0.717, 1.165) is 0 Å². The smallest absolute Gasteiger partial charge is 0.248 e. The minimum Gasteiger partial charge on any atom is -0.383 e. The second-order valence-corrected chi connectivity index (χ2v) is 4.20. The number of piperazine rings is 1. The third-order valence-corrected chi connectivity index (χ3v) is 2.88. The first-order valence-corrected chi connectivity index (χ1v) is 5.90. The van der Waals surface area contributed by atoms with E-state index in [9.17, 15) is 9.59 Å². The molecule has 1 atom stereocenters. The first kappa shape index (κ1) is 14.9. The summed E-state index contributed by atoms with van der Waals surface area (Å²) in [4.78, 5) is 26.8. The van der Waals surface area contributed by atoms with E-state index in [4.69, 9.17) is 15.2 Å². The minimum absolute atomic E-state index is 0.0502. The standard InChI is InChI=1S/C11H21N3O4/c1-17-7-9(12)11(16)14-5-3-13(4-6-14)10(15)8-18-2/h9H,3-8,12H2,1-2H3. The number of ether oxygens (including phenoxy) is 2. The van der Waals surface area contributed by atoms with Crippen molar-refractivity contribution in [1.29, 1.82) is 0 Å². The topological polar surface area (TPSA) is 85.1 Å². The highest BCUT2D eigenvalue weighted by atomic mass is 16.5. The van der Waals surface area contributed by atoms with Gasteiger partial charge in [-0.05, 0) is 0 Å². The number of carbonyl (C=O) groups is 2. The van der Waals surface area contributed by atoms with Gasteiger partial charge in [-0.1, -0.05) is 0 Å². The Hall–Kier alpha value is -1.18. The van der Waals surface area contributed by atoms with Crippen molar-refractivity contribution in [3.63, 3.8) is 0 Å². The largest absolute Gasteiger partial charge is 0.383 e. The molecule has 18 heavy (non-hydrogen) atoms. The van der Waals surface area contributed by atoms with Crippen LogP contribution < -0.4 is 5.73 Å². The molecule has 0 saturated carbocycles. The lowest BCUT2D eigenvalue weighted by molar-refractivity contribution is -0.142. The van der Waals surface area contributed by atoms with Gasteiger partial charge in [-0.3, -0.25) is 9.59 Å². The lowest BCUT2D eigenvalue weighted by Crippen LogP contribution is -2.55. The Morgan fingerprint density at radius 3 is 2.17 bits per heavy atom. The maximum absolute atomic E-state index is 11.9. The van der Waals surface area contributed by atoms with E-state index in [1.54, 1.807) is 9.80 Å². The van der Waals surface area contributed by atoms with Gasteiger partial charge in [0, 0.05) is 40.4 Å². The normalized spacial score (nSPS) is 17.7. The molecule has 1 rings (SSSR count). The number of carbonyl (C=O) groups excluding carboxylic acids is 2. The Labute approximate surface area is 107 Å². The molecule has 0 aromatic rings. The maximum atomic E-state index is 11.9. The maximum Gasteiger partial charge on any atom is 0.248 e. The summed E-state index contributed by atoms with van der Waals surface area (Å²) in [6.07, 6.45) is 0. The summed E-state index contributed by atoms with van der Waals surface area (Å²) in [5.74, 6) is -0.179. The van der Waals surface area contributed by atoms with Gasteiger partial charge < -0.3 is 25.0 Å². The first-order chi connectivity index (χ1) is 8.60. The third-order valence-electron chi connectivity index (χ3n) is 2.88. The second kappa shape index (κ2) is 7.30. The minimum atomic E-state index is -0.628. The van der Waals surface area contributed by atoms with E-state index < -0.39 is 6.04 Å². The summed E-state index contributed by atoms with van der Waals surface area (Å²) >= 11 is 0. The molecule has 0 spiro atoms. The fourth-order valence-corrected chi connectivity index (χ4v) is 1.88. The SMILES string of the molecule is COCC(=O)N1CCN(C(=O)C(N)COC)CC1. The van der Waals surface area contributed by atoms with Gasteiger partial charge in [0.05, 0.1) is 6.61 Å². The van der Waals surface area contributed by atoms with Crippen LogP contribution in [0.1, 0.15) is 0 Å². The van der Waals surface area contributed by atoms with E-state index in [1.807, 2.05) is 0 Å². The predicted octanol–water partition coefficient (Wildman–Crippen LogP) is -1.72. The summed E-state index contributed by atoms with van der Waals surface area (Å²) in [6, 6.07) is -0.628. The lowest BCUT2D eigenvalue weighted by Gasteiger charge is -2.35. The fourth-order valence-electron chi connectivity index (χ4n) is 1.88. The highest BCUT2D eigenvalue weighted by molar-refractivity contribution is 5.82. The van der Waals surface area contributed by atoms with Crippen LogP contribution in [0.2, 0.25) is 0 Å². The molecular formula is C11H21N3O4. The molecule has 1 unspecified atom stereocenters.